The Balaban J connectivity index is 1.72. The molecule has 0 aliphatic carbocycles. The van der Waals surface area contributed by atoms with Crippen LogP contribution in [0.25, 0.3) is 17.1 Å². The van der Waals surface area contributed by atoms with Crippen molar-refractivity contribution >= 4 is 0 Å². The zero-order valence-electron chi connectivity index (χ0n) is 20.3. The van der Waals surface area contributed by atoms with Crippen LogP contribution in [-0.4, -0.2) is 24.6 Å². The van der Waals surface area contributed by atoms with E-state index in [4.69, 9.17) is 4.74 Å². The standard InChI is InChI=1S/C27H27FN4O3/c1-16-14-30-22(21-10-11-29-26(31-21)27(4,5)34)13-23(16)32-17(2)12-24(18(3)25(32)33)35-15-19-6-8-20(28)9-7-19/h6-14,34H,15H2,1-5H3. The van der Waals surface area contributed by atoms with Crippen LogP contribution in [0.4, 0.5) is 4.39 Å². The predicted molar refractivity (Wildman–Crippen MR) is 131 cm³/mol. The summed E-state index contributed by atoms with van der Waals surface area (Å²) in [6, 6.07) is 11.4. The van der Waals surface area contributed by atoms with Gasteiger partial charge in [0.15, 0.2) is 5.82 Å². The second-order valence-electron chi connectivity index (χ2n) is 9.01. The Morgan fingerprint density at radius 3 is 2.43 bits per heavy atom. The number of hydrogen-bond acceptors (Lipinski definition) is 6. The lowest BCUT2D eigenvalue weighted by Crippen LogP contribution is -2.24. The van der Waals surface area contributed by atoms with Crippen molar-refractivity contribution in [2.24, 2.45) is 0 Å². The van der Waals surface area contributed by atoms with Crippen molar-refractivity contribution < 1.29 is 14.2 Å². The Kier molecular flexibility index (Phi) is 6.49. The van der Waals surface area contributed by atoms with Crippen molar-refractivity contribution in [3.8, 4) is 22.8 Å². The molecule has 180 valence electrons. The van der Waals surface area contributed by atoms with Crippen LogP contribution in [0.5, 0.6) is 5.75 Å². The SMILES string of the molecule is Cc1cnc(-c2ccnc(C(C)(C)O)n2)cc1-n1c(C)cc(OCc2ccc(F)cc2)c(C)c1=O. The van der Waals surface area contributed by atoms with Gasteiger partial charge >= 0.3 is 0 Å². The van der Waals surface area contributed by atoms with E-state index in [2.05, 4.69) is 15.0 Å². The molecule has 0 fully saturated rings. The minimum absolute atomic E-state index is 0.209. The molecule has 3 aromatic heterocycles. The third-order valence-electron chi connectivity index (χ3n) is 5.67. The second-order valence-corrected chi connectivity index (χ2v) is 9.01. The topological polar surface area (TPSA) is 90.1 Å². The third kappa shape index (κ3) is 5.12. The molecule has 8 heteroatoms. The summed E-state index contributed by atoms with van der Waals surface area (Å²) in [6.07, 6.45) is 3.27. The minimum atomic E-state index is -1.20. The molecular formula is C27H27FN4O3. The van der Waals surface area contributed by atoms with E-state index in [9.17, 15) is 14.3 Å². The van der Waals surface area contributed by atoms with Gasteiger partial charge in [-0.2, -0.15) is 0 Å². The molecule has 0 saturated heterocycles. The number of pyridine rings is 2. The zero-order valence-corrected chi connectivity index (χ0v) is 20.3. The number of ether oxygens (including phenoxy) is 1. The van der Waals surface area contributed by atoms with Crippen molar-refractivity contribution in [2.45, 2.75) is 46.8 Å². The lowest BCUT2D eigenvalue weighted by molar-refractivity contribution is 0.0688. The fourth-order valence-electron chi connectivity index (χ4n) is 3.68. The molecule has 0 unspecified atom stereocenters. The van der Waals surface area contributed by atoms with Gasteiger partial charge in [-0.25, -0.2) is 14.4 Å². The summed E-state index contributed by atoms with van der Waals surface area (Å²) in [5.74, 6) is 0.449. The van der Waals surface area contributed by atoms with E-state index in [1.807, 2.05) is 19.9 Å². The molecule has 0 aliphatic heterocycles. The van der Waals surface area contributed by atoms with Crippen molar-refractivity contribution in [2.75, 3.05) is 0 Å². The predicted octanol–water partition coefficient (Wildman–Crippen LogP) is 4.56. The molecule has 0 bridgehead atoms. The second kappa shape index (κ2) is 9.38. The molecule has 4 aromatic rings. The molecule has 4 rings (SSSR count). The smallest absolute Gasteiger partial charge is 0.261 e. The Hall–Kier alpha value is -3.91. The van der Waals surface area contributed by atoms with Crippen LogP contribution in [0.1, 0.15) is 42.1 Å². The number of aryl methyl sites for hydroxylation is 2. The van der Waals surface area contributed by atoms with Gasteiger partial charge in [0.25, 0.3) is 5.56 Å². The number of aromatic nitrogens is 4. The Morgan fingerprint density at radius 2 is 1.74 bits per heavy atom. The number of aliphatic hydroxyl groups is 1. The first-order valence-corrected chi connectivity index (χ1v) is 11.2. The molecule has 1 N–H and O–H groups in total. The molecule has 0 spiro atoms. The van der Waals surface area contributed by atoms with E-state index in [0.717, 1.165) is 11.1 Å². The van der Waals surface area contributed by atoms with Crippen LogP contribution in [0.3, 0.4) is 0 Å². The highest BCUT2D eigenvalue weighted by molar-refractivity contribution is 5.59. The van der Waals surface area contributed by atoms with Gasteiger partial charge in [-0.05, 0) is 70.0 Å². The summed E-state index contributed by atoms with van der Waals surface area (Å²) in [6.45, 7) is 8.89. The van der Waals surface area contributed by atoms with E-state index in [0.29, 0.717) is 34.1 Å². The minimum Gasteiger partial charge on any atom is -0.488 e. The van der Waals surface area contributed by atoms with E-state index < -0.39 is 5.60 Å². The van der Waals surface area contributed by atoms with Crippen molar-refractivity contribution in [3.05, 3.63) is 99.2 Å². The molecular weight excluding hydrogens is 447 g/mol. The number of nitrogens with zero attached hydrogens (tertiary/aromatic N) is 4. The molecule has 3 heterocycles. The molecule has 0 atom stereocenters. The van der Waals surface area contributed by atoms with Crippen molar-refractivity contribution in [1.82, 2.24) is 19.5 Å². The third-order valence-corrected chi connectivity index (χ3v) is 5.67. The molecule has 1 aromatic carbocycles. The van der Waals surface area contributed by atoms with Crippen LogP contribution in [-0.2, 0) is 12.2 Å². The van der Waals surface area contributed by atoms with Crippen LogP contribution < -0.4 is 10.3 Å². The van der Waals surface area contributed by atoms with Gasteiger partial charge in [0.2, 0.25) is 0 Å². The summed E-state index contributed by atoms with van der Waals surface area (Å²) in [5, 5.41) is 10.3. The lowest BCUT2D eigenvalue weighted by Gasteiger charge is -2.18. The van der Waals surface area contributed by atoms with E-state index in [1.54, 1.807) is 62.0 Å². The highest BCUT2D eigenvalue weighted by atomic mass is 19.1. The molecule has 35 heavy (non-hydrogen) atoms. The quantitative estimate of drug-likeness (QED) is 0.441. The van der Waals surface area contributed by atoms with Gasteiger partial charge in [0, 0.05) is 24.2 Å². The first-order valence-electron chi connectivity index (χ1n) is 11.2. The van der Waals surface area contributed by atoms with Gasteiger partial charge < -0.3 is 9.84 Å². The van der Waals surface area contributed by atoms with Crippen molar-refractivity contribution in [1.29, 1.82) is 0 Å². The van der Waals surface area contributed by atoms with E-state index in [1.165, 1.54) is 12.1 Å². The fourth-order valence-corrected chi connectivity index (χ4v) is 3.68. The first-order chi connectivity index (χ1) is 16.5. The summed E-state index contributed by atoms with van der Waals surface area (Å²) in [7, 11) is 0. The Labute approximate surface area is 202 Å². The normalized spacial score (nSPS) is 11.5. The monoisotopic (exact) mass is 474 g/mol. The highest BCUT2D eigenvalue weighted by Gasteiger charge is 2.21. The van der Waals surface area contributed by atoms with Gasteiger partial charge in [-0.15, -0.1) is 0 Å². The van der Waals surface area contributed by atoms with Gasteiger partial charge in [-0.1, -0.05) is 12.1 Å². The maximum atomic E-state index is 13.4. The van der Waals surface area contributed by atoms with Crippen LogP contribution in [0.2, 0.25) is 0 Å². The van der Waals surface area contributed by atoms with Crippen LogP contribution in [0.15, 0.2) is 59.7 Å². The number of halogens is 1. The summed E-state index contributed by atoms with van der Waals surface area (Å²) in [4.78, 5) is 26.5. The molecule has 0 saturated carbocycles. The van der Waals surface area contributed by atoms with Crippen LogP contribution in [0, 0.1) is 26.6 Å². The number of benzene rings is 1. The average molecular weight is 475 g/mol. The maximum absolute atomic E-state index is 13.4. The highest BCUT2D eigenvalue weighted by Crippen LogP contribution is 2.25. The maximum Gasteiger partial charge on any atom is 0.261 e. The summed E-state index contributed by atoms with van der Waals surface area (Å²) >= 11 is 0. The largest absolute Gasteiger partial charge is 0.488 e. The van der Waals surface area contributed by atoms with Gasteiger partial charge in [0.05, 0.1) is 22.6 Å². The summed E-state index contributed by atoms with van der Waals surface area (Å²) in [5.41, 5.74) is 3.13. The molecule has 7 nitrogen and oxygen atoms in total. The van der Waals surface area contributed by atoms with Gasteiger partial charge in [0.1, 0.15) is 23.8 Å². The van der Waals surface area contributed by atoms with Gasteiger partial charge in [-0.3, -0.25) is 14.3 Å². The molecule has 0 aliphatic rings. The van der Waals surface area contributed by atoms with Crippen molar-refractivity contribution in [3.63, 3.8) is 0 Å². The van der Waals surface area contributed by atoms with E-state index >= 15 is 0 Å². The first kappa shape index (κ1) is 24.2. The average Bonchev–Trinajstić information content (AvgIpc) is 2.82. The number of rotatable bonds is 6. The van der Waals surface area contributed by atoms with E-state index in [-0.39, 0.29) is 23.8 Å². The Morgan fingerprint density at radius 1 is 1.03 bits per heavy atom. The van der Waals surface area contributed by atoms with Crippen LogP contribution >= 0.6 is 0 Å². The molecule has 0 amide bonds. The molecule has 0 radical (unpaired) electrons. The zero-order chi connectivity index (χ0) is 25.3. The Bertz CT molecular complexity index is 1440. The lowest BCUT2D eigenvalue weighted by atomic mass is 10.1. The summed E-state index contributed by atoms with van der Waals surface area (Å²) < 4.78 is 20.7. The fraction of sp³-hybridized carbons (Fsp3) is 0.259. The number of hydrogen-bond donors (Lipinski definition) is 1.